The predicted octanol–water partition coefficient (Wildman–Crippen LogP) is -2.51. The Morgan fingerprint density at radius 1 is 0.821 bits per heavy atom. The van der Waals surface area contributed by atoms with Crippen molar-refractivity contribution in [3.8, 4) is 0 Å². The predicted molar refractivity (Wildman–Crippen MR) is 89.3 cm³/mol. The molecule has 2 rings (SSSR count). The first-order chi connectivity index (χ1) is 12.5. The molecule has 6 unspecified atom stereocenters. The third-order valence-electron chi connectivity index (χ3n) is 4.46. The van der Waals surface area contributed by atoms with Crippen LogP contribution in [0.4, 0.5) is 0 Å². The summed E-state index contributed by atoms with van der Waals surface area (Å²) in [4.78, 5) is 0. The van der Waals surface area contributed by atoms with Crippen molar-refractivity contribution < 1.29 is 93.6 Å². The second kappa shape index (κ2) is 11.0. The summed E-state index contributed by atoms with van der Waals surface area (Å²) in [7, 11) is 0. The molecule has 0 spiro atoms. The average molecular weight is 623 g/mol. The van der Waals surface area contributed by atoms with Gasteiger partial charge in [-0.2, -0.15) is 0 Å². The van der Waals surface area contributed by atoms with E-state index in [0.717, 1.165) is 0 Å². The SMILES string of the molecule is CC(C)(C)O[C@H]1OC(CO)C(O)[C@H](O[C@@H]2OC(CO)C(O)[C@H](O)C2O)C1[NH-].[Ac]. The number of hydrogen-bond donors (Lipinski definition) is 6. The third kappa shape index (κ3) is 6.26. The molecule has 0 aliphatic carbocycles. The molecule has 2 fully saturated rings. The molecule has 11 nitrogen and oxygen atoms in total. The van der Waals surface area contributed by atoms with E-state index in [1.54, 1.807) is 20.8 Å². The molecule has 0 aromatic rings. The molecular weight excluding hydrogens is 593 g/mol. The molecule has 10 atom stereocenters. The number of aliphatic hydroxyl groups is 6. The van der Waals surface area contributed by atoms with Crippen LogP contribution in [0.5, 0.6) is 0 Å². The smallest absolute Gasteiger partial charge is 0.187 e. The van der Waals surface area contributed by atoms with Gasteiger partial charge in [0.25, 0.3) is 0 Å². The topological polar surface area (TPSA) is 182 Å². The molecule has 2 heterocycles. The normalized spacial score (nSPS) is 44.8. The number of rotatable bonds is 5. The van der Waals surface area contributed by atoms with Gasteiger partial charge in [0.1, 0.15) is 42.9 Å². The second-order valence-corrected chi connectivity index (χ2v) is 7.77. The number of ether oxygens (including phenoxy) is 4. The summed E-state index contributed by atoms with van der Waals surface area (Å²) in [5, 5.41) is 58.9. The van der Waals surface area contributed by atoms with Crippen molar-refractivity contribution >= 4 is 0 Å². The minimum Gasteiger partial charge on any atom is -0.668 e. The first-order valence-corrected chi connectivity index (χ1v) is 8.79. The van der Waals surface area contributed by atoms with Crippen LogP contribution in [0.2, 0.25) is 0 Å². The summed E-state index contributed by atoms with van der Waals surface area (Å²) >= 11 is 0. The Morgan fingerprint density at radius 2 is 1.32 bits per heavy atom. The molecule has 0 saturated carbocycles. The molecule has 0 amide bonds. The summed E-state index contributed by atoms with van der Waals surface area (Å²) in [5.74, 6) is 0. The van der Waals surface area contributed by atoms with Crippen LogP contribution in [0.3, 0.4) is 0 Å². The standard InChI is InChI=1S/C16H30NO10.Ac/c1-16(2,3)27-14-8(17)13(10(21)7(5-19)24-14)26-15-12(23)11(22)9(20)6(4-18)25-15;/h6-15,17-23H,4-5H2,1-3H3;/q-1;/t6?,7?,8?,9?,10?,11-,12?,13+,14+,15-;/m0./s1. The van der Waals surface area contributed by atoms with Gasteiger partial charge in [-0.15, -0.1) is 0 Å². The second-order valence-electron chi connectivity index (χ2n) is 7.77. The van der Waals surface area contributed by atoms with E-state index in [1.165, 1.54) is 0 Å². The summed E-state index contributed by atoms with van der Waals surface area (Å²) in [5.41, 5.74) is 7.64. The zero-order valence-electron chi connectivity index (χ0n) is 16.1. The van der Waals surface area contributed by atoms with Crippen LogP contribution in [0, 0.1) is 44.1 Å². The molecule has 2 saturated heterocycles. The van der Waals surface area contributed by atoms with Crippen LogP contribution in [0.15, 0.2) is 0 Å². The number of hydrogen-bond acceptors (Lipinski definition) is 10. The van der Waals surface area contributed by atoms with E-state index >= 15 is 0 Å². The molecule has 0 bridgehead atoms. The van der Waals surface area contributed by atoms with Crippen LogP contribution >= 0.6 is 0 Å². The van der Waals surface area contributed by atoms with E-state index in [1.807, 2.05) is 0 Å². The summed E-state index contributed by atoms with van der Waals surface area (Å²) in [6.45, 7) is 4.04. The molecular formula is C16H30AcNO10-. The van der Waals surface area contributed by atoms with Crippen molar-refractivity contribution in [1.82, 2.24) is 0 Å². The molecule has 163 valence electrons. The molecule has 12 heteroatoms. The quantitative estimate of drug-likeness (QED) is 0.191. The van der Waals surface area contributed by atoms with Gasteiger partial charge < -0.3 is 55.3 Å². The van der Waals surface area contributed by atoms with Crippen molar-refractivity contribution in [3.05, 3.63) is 5.73 Å². The van der Waals surface area contributed by atoms with Gasteiger partial charge in [-0.1, -0.05) is 6.04 Å². The Balaban J connectivity index is 0.00000392. The fraction of sp³-hybridized carbons (Fsp3) is 1.00. The van der Waals surface area contributed by atoms with Gasteiger partial charge in [-0.3, -0.25) is 0 Å². The molecule has 7 N–H and O–H groups in total. The van der Waals surface area contributed by atoms with Crippen LogP contribution < -0.4 is 0 Å². The number of nitrogens with one attached hydrogen (secondary N) is 1. The third-order valence-corrected chi connectivity index (χ3v) is 4.46. The van der Waals surface area contributed by atoms with Crippen LogP contribution in [-0.4, -0.2) is 111 Å². The Hall–Kier alpha value is 1.00. The van der Waals surface area contributed by atoms with Crippen molar-refractivity contribution in [2.45, 2.75) is 87.7 Å². The maximum atomic E-state index is 10.4. The van der Waals surface area contributed by atoms with Gasteiger partial charge in [-0.05, 0) is 20.8 Å². The molecule has 28 heavy (non-hydrogen) atoms. The maximum Gasteiger partial charge on any atom is 0.187 e. The summed E-state index contributed by atoms with van der Waals surface area (Å²) < 4.78 is 21.9. The van der Waals surface area contributed by atoms with Gasteiger partial charge >= 0.3 is 0 Å². The van der Waals surface area contributed by atoms with Crippen LogP contribution in [0.1, 0.15) is 20.8 Å². The van der Waals surface area contributed by atoms with Crippen molar-refractivity contribution in [1.29, 1.82) is 0 Å². The van der Waals surface area contributed by atoms with E-state index < -0.39 is 80.2 Å². The fourth-order valence-electron chi connectivity index (χ4n) is 3.02. The summed E-state index contributed by atoms with van der Waals surface area (Å²) in [6, 6.07) is -1.27. The van der Waals surface area contributed by atoms with Crippen molar-refractivity contribution in [2.24, 2.45) is 0 Å². The van der Waals surface area contributed by atoms with Gasteiger partial charge in [0.15, 0.2) is 6.29 Å². The molecule has 1 radical (unpaired) electrons. The molecule has 2 aliphatic rings. The Bertz CT molecular complexity index is 479. The van der Waals surface area contributed by atoms with Gasteiger partial charge in [0, 0.05) is 44.1 Å². The fourth-order valence-corrected chi connectivity index (χ4v) is 3.02. The molecule has 2 aliphatic heterocycles. The summed E-state index contributed by atoms with van der Waals surface area (Å²) in [6.07, 6.45) is -12.6. The maximum absolute atomic E-state index is 10.4. The Labute approximate surface area is 199 Å². The van der Waals surface area contributed by atoms with E-state index in [9.17, 15) is 30.6 Å². The van der Waals surface area contributed by atoms with Crippen molar-refractivity contribution in [3.63, 3.8) is 0 Å². The van der Waals surface area contributed by atoms with Crippen LogP contribution in [-0.2, 0) is 18.9 Å². The van der Waals surface area contributed by atoms with Gasteiger partial charge in [0.2, 0.25) is 0 Å². The van der Waals surface area contributed by atoms with Crippen molar-refractivity contribution in [2.75, 3.05) is 13.2 Å². The number of aliphatic hydroxyl groups excluding tert-OH is 6. The van der Waals surface area contributed by atoms with Gasteiger partial charge in [0.05, 0.1) is 24.9 Å². The van der Waals surface area contributed by atoms with E-state index in [2.05, 4.69) is 0 Å². The molecule has 0 aromatic heterocycles. The first-order valence-electron chi connectivity index (χ1n) is 8.79. The zero-order valence-corrected chi connectivity index (χ0v) is 20.8. The van der Waals surface area contributed by atoms with E-state index in [-0.39, 0.29) is 44.1 Å². The Morgan fingerprint density at radius 3 is 1.82 bits per heavy atom. The average Bonchev–Trinajstić information content (AvgIpc) is 2.59. The van der Waals surface area contributed by atoms with Gasteiger partial charge in [-0.25, -0.2) is 0 Å². The van der Waals surface area contributed by atoms with Crippen LogP contribution in [0.25, 0.3) is 5.73 Å². The zero-order chi connectivity index (χ0) is 20.5. The minimum atomic E-state index is -1.68. The van der Waals surface area contributed by atoms with E-state index in [4.69, 9.17) is 24.7 Å². The minimum absolute atomic E-state index is 0. The first kappa shape index (κ1) is 27.0. The van der Waals surface area contributed by atoms with E-state index in [0.29, 0.717) is 0 Å². The largest absolute Gasteiger partial charge is 0.668 e. The Kier molecular flexibility index (Phi) is 10.7. The molecule has 0 aromatic carbocycles. The monoisotopic (exact) mass is 623 g/mol.